The Kier molecular flexibility index (Phi) is 6.65. The molecule has 2 atom stereocenters. The zero-order chi connectivity index (χ0) is 16.7. The van der Waals surface area contributed by atoms with Gasteiger partial charge in [-0.3, -0.25) is 9.59 Å². The number of esters is 1. The van der Waals surface area contributed by atoms with Gasteiger partial charge in [0.15, 0.2) is 0 Å². The first-order valence-corrected chi connectivity index (χ1v) is 8.74. The average molecular weight is 334 g/mol. The summed E-state index contributed by atoms with van der Waals surface area (Å²) < 4.78 is 5.05. The van der Waals surface area contributed by atoms with Crippen molar-refractivity contribution in [3.05, 3.63) is 30.3 Å². The van der Waals surface area contributed by atoms with E-state index >= 15 is 0 Å². The van der Waals surface area contributed by atoms with E-state index in [0.29, 0.717) is 12.3 Å². The van der Waals surface area contributed by atoms with Crippen LogP contribution in [0.1, 0.15) is 33.1 Å². The van der Waals surface area contributed by atoms with Gasteiger partial charge in [0.1, 0.15) is 0 Å². The second-order valence-corrected chi connectivity index (χ2v) is 6.76. The fourth-order valence-corrected chi connectivity index (χ4v) is 3.32. The molecule has 2 unspecified atom stereocenters. The molecule has 1 aliphatic carbocycles. The van der Waals surface area contributed by atoms with E-state index in [-0.39, 0.29) is 23.0 Å². The first-order chi connectivity index (χ1) is 11.1. The molecular weight excluding hydrogens is 312 g/mol. The summed E-state index contributed by atoms with van der Waals surface area (Å²) in [5.41, 5.74) is 3.31. The zero-order valence-corrected chi connectivity index (χ0v) is 14.3. The summed E-state index contributed by atoms with van der Waals surface area (Å²) in [5.74, 6) is -0.724. The first kappa shape index (κ1) is 17.5. The van der Waals surface area contributed by atoms with Crippen molar-refractivity contribution >= 4 is 29.4 Å². The molecule has 1 aliphatic rings. The Morgan fingerprint density at radius 2 is 2.13 bits per heavy atom. The van der Waals surface area contributed by atoms with Gasteiger partial charge in [-0.25, -0.2) is 5.43 Å². The van der Waals surface area contributed by atoms with Crippen molar-refractivity contribution in [2.45, 2.75) is 43.3 Å². The van der Waals surface area contributed by atoms with Gasteiger partial charge in [-0.2, -0.15) is 5.10 Å². The highest BCUT2D eigenvalue weighted by Gasteiger charge is 2.30. The third kappa shape index (κ3) is 5.10. The van der Waals surface area contributed by atoms with E-state index in [2.05, 4.69) is 10.5 Å². The molecule has 5 nitrogen and oxygen atoms in total. The first-order valence-electron chi connectivity index (χ1n) is 7.86. The molecule has 0 radical (unpaired) electrons. The summed E-state index contributed by atoms with van der Waals surface area (Å²) in [5, 5.41) is 3.91. The van der Waals surface area contributed by atoms with Crippen molar-refractivity contribution in [1.29, 1.82) is 0 Å². The molecule has 0 aromatic heterocycles. The quantitative estimate of drug-likeness (QED) is 0.493. The lowest BCUT2D eigenvalue weighted by molar-refractivity contribution is -0.145. The number of amides is 1. The minimum Gasteiger partial charge on any atom is -0.465 e. The minimum atomic E-state index is -0.313. The highest BCUT2D eigenvalue weighted by Crippen LogP contribution is 2.25. The van der Waals surface area contributed by atoms with Crippen LogP contribution in [0.2, 0.25) is 0 Å². The van der Waals surface area contributed by atoms with Crippen LogP contribution in [-0.4, -0.2) is 29.4 Å². The molecular formula is C17H22N2O3S. The lowest BCUT2D eigenvalue weighted by atomic mass is 10.1. The molecule has 6 heteroatoms. The molecule has 1 saturated carbocycles. The van der Waals surface area contributed by atoms with Gasteiger partial charge in [-0.15, -0.1) is 11.8 Å². The van der Waals surface area contributed by atoms with Gasteiger partial charge in [-0.1, -0.05) is 18.2 Å². The summed E-state index contributed by atoms with van der Waals surface area (Å²) in [4.78, 5) is 25.0. The standard InChI is InChI=1S/C17H22N2O3S/c1-3-22-17(21)14-10-7-11-15(14)18-19-16(20)12(2)23-13-8-5-4-6-9-13/h4-6,8-9,12,14H,3,7,10-11H2,1-2H3,(H,19,20). The van der Waals surface area contributed by atoms with Crippen LogP contribution in [0.25, 0.3) is 0 Å². The van der Waals surface area contributed by atoms with Gasteiger partial charge in [-0.05, 0) is 45.2 Å². The SMILES string of the molecule is CCOC(=O)C1CCCC1=NNC(=O)C(C)Sc1ccccc1. The maximum Gasteiger partial charge on any atom is 0.314 e. The molecule has 1 fully saturated rings. The van der Waals surface area contributed by atoms with E-state index in [9.17, 15) is 9.59 Å². The van der Waals surface area contributed by atoms with Crippen molar-refractivity contribution in [3.8, 4) is 0 Å². The number of hydrogen-bond acceptors (Lipinski definition) is 5. The average Bonchev–Trinajstić information content (AvgIpc) is 3.02. The number of thioether (sulfide) groups is 1. The number of ether oxygens (including phenoxy) is 1. The molecule has 1 N–H and O–H groups in total. The number of benzene rings is 1. The summed E-state index contributed by atoms with van der Waals surface area (Å²) >= 11 is 1.48. The topological polar surface area (TPSA) is 67.8 Å². The molecule has 124 valence electrons. The highest BCUT2D eigenvalue weighted by molar-refractivity contribution is 8.00. The van der Waals surface area contributed by atoms with Crippen LogP contribution in [0.5, 0.6) is 0 Å². The Morgan fingerprint density at radius 1 is 1.39 bits per heavy atom. The van der Waals surface area contributed by atoms with Crippen LogP contribution < -0.4 is 5.43 Å². The molecule has 0 aliphatic heterocycles. The Labute approximate surface area is 140 Å². The van der Waals surface area contributed by atoms with Gasteiger partial charge in [0, 0.05) is 4.90 Å². The van der Waals surface area contributed by atoms with Gasteiger partial charge in [0.05, 0.1) is 23.5 Å². The van der Waals surface area contributed by atoms with E-state index in [1.165, 1.54) is 11.8 Å². The van der Waals surface area contributed by atoms with Crippen LogP contribution in [0.15, 0.2) is 40.3 Å². The fourth-order valence-electron chi connectivity index (χ4n) is 2.43. The molecule has 0 saturated heterocycles. The van der Waals surface area contributed by atoms with Crippen molar-refractivity contribution in [1.82, 2.24) is 5.43 Å². The molecule has 23 heavy (non-hydrogen) atoms. The Bertz CT molecular complexity index is 574. The molecule has 1 aromatic carbocycles. The lowest BCUT2D eigenvalue weighted by Gasteiger charge is -2.12. The molecule has 0 spiro atoms. The largest absolute Gasteiger partial charge is 0.465 e. The van der Waals surface area contributed by atoms with E-state index in [1.54, 1.807) is 6.92 Å². The summed E-state index contributed by atoms with van der Waals surface area (Å²) in [7, 11) is 0. The Morgan fingerprint density at radius 3 is 2.83 bits per heavy atom. The number of nitrogens with one attached hydrogen (secondary N) is 1. The minimum absolute atomic E-state index is 0.166. The molecule has 1 aromatic rings. The Hall–Kier alpha value is -1.82. The molecule has 1 amide bonds. The fraction of sp³-hybridized carbons (Fsp3) is 0.471. The van der Waals surface area contributed by atoms with Crippen molar-refractivity contribution in [3.63, 3.8) is 0 Å². The van der Waals surface area contributed by atoms with E-state index in [1.807, 2.05) is 37.3 Å². The predicted octanol–water partition coefficient (Wildman–Crippen LogP) is 3.00. The van der Waals surface area contributed by atoms with E-state index in [0.717, 1.165) is 24.2 Å². The van der Waals surface area contributed by atoms with Crippen molar-refractivity contribution in [2.75, 3.05) is 6.61 Å². The van der Waals surface area contributed by atoms with E-state index < -0.39 is 0 Å². The monoisotopic (exact) mass is 334 g/mol. The smallest absolute Gasteiger partial charge is 0.314 e. The normalized spacial score (nSPS) is 20.3. The summed E-state index contributed by atoms with van der Waals surface area (Å²) in [6, 6.07) is 9.75. The second-order valence-electron chi connectivity index (χ2n) is 5.35. The van der Waals surface area contributed by atoms with Gasteiger partial charge in [0.2, 0.25) is 0 Å². The van der Waals surface area contributed by atoms with E-state index in [4.69, 9.17) is 4.74 Å². The van der Waals surface area contributed by atoms with Crippen LogP contribution in [0.4, 0.5) is 0 Å². The molecule has 2 rings (SSSR count). The number of hydrazone groups is 1. The number of carbonyl (C=O) groups is 2. The summed E-state index contributed by atoms with van der Waals surface area (Å²) in [6.07, 6.45) is 2.36. The van der Waals surface area contributed by atoms with Gasteiger partial charge < -0.3 is 4.74 Å². The molecule has 0 bridgehead atoms. The van der Waals surface area contributed by atoms with Crippen LogP contribution in [0, 0.1) is 5.92 Å². The number of carbonyl (C=O) groups excluding carboxylic acids is 2. The maximum absolute atomic E-state index is 12.2. The zero-order valence-electron chi connectivity index (χ0n) is 13.5. The Balaban J connectivity index is 1.90. The predicted molar refractivity (Wildman–Crippen MR) is 91.3 cm³/mol. The van der Waals surface area contributed by atoms with Crippen molar-refractivity contribution < 1.29 is 14.3 Å². The number of hydrogen-bond donors (Lipinski definition) is 1. The van der Waals surface area contributed by atoms with Crippen molar-refractivity contribution in [2.24, 2.45) is 11.0 Å². The highest BCUT2D eigenvalue weighted by atomic mass is 32.2. The third-order valence-corrected chi connectivity index (χ3v) is 4.75. The lowest BCUT2D eigenvalue weighted by Crippen LogP contribution is -2.30. The maximum atomic E-state index is 12.2. The van der Waals surface area contributed by atoms with Crippen LogP contribution >= 0.6 is 11.8 Å². The third-order valence-electron chi connectivity index (χ3n) is 3.63. The van der Waals surface area contributed by atoms with Crippen LogP contribution in [-0.2, 0) is 14.3 Å². The van der Waals surface area contributed by atoms with Gasteiger partial charge >= 0.3 is 5.97 Å². The molecule has 0 heterocycles. The summed E-state index contributed by atoms with van der Waals surface area (Å²) in [6.45, 7) is 3.98. The van der Waals surface area contributed by atoms with Crippen LogP contribution in [0.3, 0.4) is 0 Å². The second kappa shape index (κ2) is 8.72. The number of nitrogens with zero attached hydrogens (tertiary/aromatic N) is 1. The van der Waals surface area contributed by atoms with Gasteiger partial charge in [0.25, 0.3) is 5.91 Å². The number of rotatable bonds is 6.